The van der Waals surface area contributed by atoms with Crippen molar-refractivity contribution in [3.05, 3.63) is 80.7 Å². The molecule has 0 atom stereocenters. The Labute approximate surface area is 232 Å². The molecule has 0 saturated heterocycles. The van der Waals surface area contributed by atoms with Crippen LogP contribution in [0.3, 0.4) is 0 Å². The zero-order valence-corrected chi connectivity index (χ0v) is 23.1. The van der Waals surface area contributed by atoms with E-state index in [2.05, 4.69) is 5.16 Å². The van der Waals surface area contributed by atoms with Gasteiger partial charge in [-0.3, -0.25) is 4.79 Å². The van der Waals surface area contributed by atoms with Gasteiger partial charge in [-0.05, 0) is 29.7 Å². The van der Waals surface area contributed by atoms with E-state index in [9.17, 15) is 9.59 Å². The fraction of sp³-hybridized carbons (Fsp3) is 0.269. The zero-order chi connectivity index (χ0) is 26.9. The Hall–Kier alpha value is -2.71. The van der Waals surface area contributed by atoms with Gasteiger partial charge in [0.1, 0.15) is 5.69 Å². The van der Waals surface area contributed by atoms with Crippen LogP contribution in [0.1, 0.15) is 32.3 Å². The van der Waals surface area contributed by atoms with Gasteiger partial charge in [0.2, 0.25) is 0 Å². The predicted octanol–water partition coefficient (Wildman–Crippen LogP) is 7.79. The van der Waals surface area contributed by atoms with Crippen molar-refractivity contribution in [1.29, 1.82) is 0 Å². The van der Waals surface area contributed by atoms with Gasteiger partial charge in [0.25, 0.3) is 5.91 Å². The summed E-state index contributed by atoms with van der Waals surface area (Å²) in [7, 11) is 0. The Morgan fingerprint density at radius 2 is 1.65 bits per heavy atom. The van der Waals surface area contributed by atoms with Crippen LogP contribution in [-0.2, 0) is 17.8 Å². The van der Waals surface area contributed by atoms with E-state index in [1.165, 1.54) is 4.90 Å². The Balaban J connectivity index is 1.70. The summed E-state index contributed by atoms with van der Waals surface area (Å²) in [5, 5.41) is 4.97. The van der Waals surface area contributed by atoms with Crippen LogP contribution < -0.4 is 10.7 Å². The van der Waals surface area contributed by atoms with E-state index in [4.69, 9.17) is 59.8 Å². The highest BCUT2D eigenvalue weighted by molar-refractivity contribution is 6.54. The SMILES string of the molecule is CC(C)(C)Cc1oc(=O)oc1CN(C(=O)C(Cl)Cl)c1cccc(-c2cc(-c3c(Cl)cccc3Cl)no2)c1. The number of nitrogens with zero attached hydrogens (tertiary/aromatic N) is 2. The van der Waals surface area contributed by atoms with Gasteiger partial charge >= 0.3 is 5.82 Å². The number of carbonyl (C=O) groups is 1. The lowest BCUT2D eigenvalue weighted by Gasteiger charge is -2.23. The van der Waals surface area contributed by atoms with Crippen molar-refractivity contribution in [3.8, 4) is 22.6 Å². The first-order valence-corrected chi connectivity index (χ1v) is 12.8. The summed E-state index contributed by atoms with van der Waals surface area (Å²) in [5.41, 5.74) is 1.86. The van der Waals surface area contributed by atoms with Crippen molar-refractivity contribution in [2.24, 2.45) is 5.41 Å². The molecule has 37 heavy (non-hydrogen) atoms. The molecule has 0 bridgehead atoms. The Bertz CT molecular complexity index is 1460. The monoisotopic (exact) mass is 582 g/mol. The molecule has 2 aromatic heterocycles. The maximum absolute atomic E-state index is 13.0. The van der Waals surface area contributed by atoms with Crippen molar-refractivity contribution >= 4 is 58.0 Å². The van der Waals surface area contributed by atoms with Gasteiger partial charge < -0.3 is 18.3 Å². The molecule has 11 heteroatoms. The molecule has 0 spiro atoms. The van der Waals surface area contributed by atoms with Crippen LogP contribution in [-0.4, -0.2) is 15.9 Å². The Morgan fingerprint density at radius 3 is 2.30 bits per heavy atom. The highest BCUT2D eigenvalue weighted by Crippen LogP contribution is 2.36. The predicted molar refractivity (Wildman–Crippen MR) is 144 cm³/mol. The maximum atomic E-state index is 13.0. The summed E-state index contributed by atoms with van der Waals surface area (Å²) >= 11 is 24.5. The molecule has 194 valence electrons. The lowest BCUT2D eigenvalue weighted by molar-refractivity contribution is -0.117. The van der Waals surface area contributed by atoms with E-state index in [-0.39, 0.29) is 17.7 Å². The van der Waals surface area contributed by atoms with E-state index in [1.807, 2.05) is 20.8 Å². The van der Waals surface area contributed by atoms with E-state index in [1.54, 1.807) is 48.5 Å². The standard InChI is InChI=1S/C26H22Cl4N2O5/c1-26(2,3)12-20-21(36-25(34)35-20)13-32(24(33)23(29)30)15-7-4-6-14(10-15)19-11-18(31-37-19)22-16(27)8-5-9-17(22)28/h4-11,23H,12-13H2,1-3H3. The van der Waals surface area contributed by atoms with Gasteiger partial charge in [0, 0.05) is 29.3 Å². The summed E-state index contributed by atoms with van der Waals surface area (Å²) in [4.78, 5) is 24.9. The molecular formula is C26H22Cl4N2O5. The largest absolute Gasteiger partial charge is 0.519 e. The Kier molecular flexibility index (Phi) is 8.09. The number of aromatic nitrogens is 1. The van der Waals surface area contributed by atoms with E-state index < -0.39 is 16.6 Å². The summed E-state index contributed by atoms with van der Waals surface area (Å²) in [6, 6.07) is 13.8. The third kappa shape index (κ3) is 6.41. The second-order valence-corrected chi connectivity index (χ2v) is 11.4. The smallest absolute Gasteiger partial charge is 0.396 e. The van der Waals surface area contributed by atoms with E-state index >= 15 is 0 Å². The molecule has 0 N–H and O–H groups in total. The minimum absolute atomic E-state index is 0.119. The number of carbonyl (C=O) groups excluding carboxylic acids is 1. The lowest BCUT2D eigenvalue weighted by atomic mass is 9.90. The number of benzene rings is 2. The molecule has 2 heterocycles. The van der Waals surface area contributed by atoms with Crippen LogP contribution in [0.5, 0.6) is 0 Å². The molecule has 0 aliphatic carbocycles. The molecular weight excluding hydrogens is 562 g/mol. The molecule has 0 fully saturated rings. The normalized spacial score (nSPS) is 11.8. The third-order valence-electron chi connectivity index (χ3n) is 5.34. The molecule has 4 rings (SSSR count). The fourth-order valence-corrected chi connectivity index (χ4v) is 4.56. The van der Waals surface area contributed by atoms with Crippen molar-refractivity contribution in [2.75, 3.05) is 4.90 Å². The number of alkyl halides is 2. The quantitative estimate of drug-likeness (QED) is 0.206. The molecule has 1 amide bonds. The zero-order valence-electron chi connectivity index (χ0n) is 20.1. The van der Waals surface area contributed by atoms with Gasteiger partial charge in [-0.2, -0.15) is 0 Å². The first-order valence-electron chi connectivity index (χ1n) is 11.2. The van der Waals surface area contributed by atoms with Gasteiger partial charge in [-0.25, -0.2) is 4.79 Å². The fourth-order valence-electron chi connectivity index (χ4n) is 3.73. The first kappa shape index (κ1) is 27.3. The molecule has 0 unspecified atom stereocenters. The van der Waals surface area contributed by atoms with Crippen molar-refractivity contribution in [3.63, 3.8) is 0 Å². The average molecular weight is 584 g/mol. The topological polar surface area (TPSA) is 89.7 Å². The molecule has 0 radical (unpaired) electrons. The second kappa shape index (κ2) is 11.0. The van der Waals surface area contributed by atoms with Crippen LogP contribution in [0.15, 0.2) is 66.7 Å². The number of hydrogen-bond acceptors (Lipinski definition) is 6. The number of anilines is 1. The molecule has 7 nitrogen and oxygen atoms in total. The summed E-state index contributed by atoms with van der Waals surface area (Å²) < 4.78 is 16.1. The van der Waals surface area contributed by atoms with E-state index in [0.29, 0.717) is 50.5 Å². The van der Waals surface area contributed by atoms with Crippen LogP contribution in [0, 0.1) is 5.41 Å². The number of hydrogen-bond donors (Lipinski definition) is 0. The van der Waals surface area contributed by atoms with Crippen molar-refractivity contribution in [2.45, 2.75) is 38.6 Å². The van der Waals surface area contributed by atoms with E-state index in [0.717, 1.165) is 0 Å². The van der Waals surface area contributed by atoms with Crippen molar-refractivity contribution in [1.82, 2.24) is 5.16 Å². The summed E-state index contributed by atoms with van der Waals surface area (Å²) in [5.74, 6) is -0.480. The minimum Gasteiger partial charge on any atom is -0.396 e. The van der Waals surface area contributed by atoms with Crippen LogP contribution in [0.25, 0.3) is 22.6 Å². The molecule has 0 aliphatic heterocycles. The van der Waals surface area contributed by atoms with Crippen LogP contribution >= 0.6 is 46.4 Å². The lowest BCUT2D eigenvalue weighted by Crippen LogP contribution is -2.34. The molecule has 4 aromatic rings. The minimum atomic E-state index is -1.35. The Morgan fingerprint density at radius 1 is 1.00 bits per heavy atom. The van der Waals surface area contributed by atoms with Gasteiger partial charge in [-0.1, -0.05) is 90.5 Å². The second-order valence-electron chi connectivity index (χ2n) is 9.49. The molecule has 0 saturated carbocycles. The van der Waals surface area contributed by atoms with Gasteiger partial charge in [0.15, 0.2) is 22.1 Å². The van der Waals surface area contributed by atoms with Crippen molar-refractivity contribution < 1.29 is 18.2 Å². The van der Waals surface area contributed by atoms with Crippen LogP contribution in [0.4, 0.5) is 5.69 Å². The number of amides is 1. The highest BCUT2D eigenvalue weighted by Gasteiger charge is 2.28. The van der Waals surface area contributed by atoms with Gasteiger partial charge in [-0.15, -0.1) is 0 Å². The highest BCUT2D eigenvalue weighted by atomic mass is 35.5. The maximum Gasteiger partial charge on any atom is 0.519 e. The summed E-state index contributed by atoms with van der Waals surface area (Å²) in [6.07, 6.45) is 0.423. The number of halogens is 4. The van der Waals surface area contributed by atoms with Gasteiger partial charge in [0.05, 0.1) is 16.6 Å². The number of rotatable bonds is 7. The molecule has 0 aliphatic rings. The third-order valence-corrected chi connectivity index (χ3v) is 6.34. The first-order chi connectivity index (χ1) is 17.4. The molecule has 2 aromatic carbocycles. The summed E-state index contributed by atoms with van der Waals surface area (Å²) in [6.45, 7) is 5.85. The average Bonchev–Trinajstić information content (AvgIpc) is 3.42. The van der Waals surface area contributed by atoms with Crippen LogP contribution in [0.2, 0.25) is 10.0 Å².